The second-order valence-electron chi connectivity index (χ2n) is 7.42. The van der Waals surface area contributed by atoms with Crippen LogP contribution < -0.4 is 20.2 Å². The number of amides is 2. The minimum atomic E-state index is -0.429. The number of carbonyl (C=O) groups is 2. The van der Waals surface area contributed by atoms with Crippen molar-refractivity contribution in [2.75, 3.05) is 20.8 Å². The van der Waals surface area contributed by atoms with E-state index in [0.717, 1.165) is 5.56 Å². The van der Waals surface area contributed by atoms with E-state index in [-0.39, 0.29) is 12.0 Å². The minimum Gasteiger partial charge on any atom is -0.493 e. The molecule has 7 nitrogen and oxygen atoms in total. The first-order chi connectivity index (χ1) is 13.7. The summed E-state index contributed by atoms with van der Waals surface area (Å²) in [5, 5.41) is 6.46. The van der Waals surface area contributed by atoms with E-state index < -0.39 is 11.8 Å². The second kappa shape index (κ2) is 9.73. The molecule has 0 aliphatic carbocycles. The average Bonchev–Trinajstić information content (AvgIpc) is 2.71. The monoisotopic (exact) mass is 397 g/mol. The fraction of sp³-hybridized carbons (Fsp3) is 0.318. The van der Waals surface area contributed by atoms with Crippen molar-refractivity contribution >= 4 is 18.0 Å². The lowest BCUT2D eigenvalue weighted by Gasteiger charge is -2.18. The van der Waals surface area contributed by atoms with Gasteiger partial charge in [-0.2, -0.15) is 5.10 Å². The number of methoxy groups -OCH3 is 2. The van der Waals surface area contributed by atoms with Crippen molar-refractivity contribution in [2.45, 2.75) is 26.2 Å². The van der Waals surface area contributed by atoms with Crippen LogP contribution in [0.2, 0.25) is 0 Å². The number of benzene rings is 2. The van der Waals surface area contributed by atoms with Crippen molar-refractivity contribution < 1.29 is 19.1 Å². The molecule has 0 aliphatic rings. The molecule has 0 aromatic heterocycles. The summed E-state index contributed by atoms with van der Waals surface area (Å²) in [6.07, 6.45) is 1.56. The third-order valence-corrected chi connectivity index (χ3v) is 4.23. The fourth-order valence-corrected chi connectivity index (χ4v) is 2.53. The van der Waals surface area contributed by atoms with Gasteiger partial charge in [-0.1, -0.05) is 45.0 Å². The summed E-state index contributed by atoms with van der Waals surface area (Å²) in [5.74, 6) is 0.127. The van der Waals surface area contributed by atoms with Crippen molar-refractivity contribution in [1.29, 1.82) is 0 Å². The van der Waals surface area contributed by atoms with Gasteiger partial charge in [-0.15, -0.1) is 0 Å². The Hall–Kier alpha value is -3.35. The quantitative estimate of drug-likeness (QED) is 0.555. The Morgan fingerprint density at radius 3 is 2.24 bits per heavy atom. The summed E-state index contributed by atoms with van der Waals surface area (Å²) >= 11 is 0. The van der Waals surface area contributed by atoms with Gasteiger partial charge in [-0.25, -0.2) is 5.43 Å². The lowest BCUT2D eigenvalue weighted by molar-refractivity contribution is -0.120. The van der Waals surface area contributed by atoms with Crippen LogP contribution in [0.25, 0.3) is 0 Å². The van der Waals surface area contributed by atoms with Crippen LogP contribution in [0.4, 0.5) is 0 Å². The highest BCUT2D eigenvalue weighted by atomic mass is 16.5. The molecule has 0 bridgehead atoms. The highest BCUT2D eigenvalue weighted by Crippen LogP contribution is 2.27. The summed E-state index contributed by atoms with van der Waals surface area (Å²) in [5.41, 5.74) is 4.92. The summed E-state index contributed by atoms with van der Waals surface area (Å²) in [7, 11) is 3.00. The van der Waals surface area contributed by atoms with E-state index in [4.69, 9.17) is 9.47 Å². The topological polar surface area (TPSA) is 89.0 Å². The molecule has 154 valence electrons. The Morgan fingerprint density at radius 2 is 1.66 bits per heavy atom. The number of ether oxygens (including phenoxy) is 2. The van der Waals surface area contributed by atoms with Crippen LogP contribution >= 0.6 is 0 Å². The molecule has 2 aromatic rings. The molecule has 2 rings (SSSR count). The van der Waals surface area contributed by atoms with E-state index in [1.54, 1.807) is 24.4 Å². The molecule has 0 fully saturated rings. The van der Waals surface area contributed by atoms with Crippen LogP contribution in [-0.4, -0.2) is 38.8 Å². The van der Waals surface area contributed by atoms with Gasteiger partial charge in [0.25, 0.3) is 11.8 Å². The number of rotatable bonds is 7. The Balaban J connectivity index is 1.85. The van der Waals surface area contributed by atoms with Gasteiger partial charge in [0.1, 0.15) is 0 Å². The lowest BCUT2D eigenvalue weighted by Crippen LogP contribution is -2.34. The number of hydrogen-bond acceptors (Lipinski definition) is 5. The van der Waals surface area contributed by atoms with Gasteiger partial charge in [-0.3, -0.25) is 9.59 Å². The normalized spacial score (nSPS) is 11.2. The molecule has 0 saturated heterocycles. The molecule has 2 N–H and O–H groups in total. The molecule has 0 spiro atoms. The fourth-order valence-electron chi connectivity index (χ4n) is 2.53. The van der Waals surface area contributed by atoms with Crippen molar-refractivity contribution in [2.24, 2.45) is 5.10 Å². The van der Waals surface area contributed by atoms with Crippen LogP contribution in [0.1, 0.15) is 42.3 Å². The molecule has 0 unspecified atom stereocenters. The van der Waals surface area contributed by atoms with Crippen LogP contribution in [0.5, 0.6) is 11.5 Å². The summed E-state index contributed by atoms with van der Waals surface area (Å²) in [6, 6.07) is 12.7. The molecule has 2 aromatic carbocycles. The first-order valence-corrected chi connectivity index (χ1v) is 9.17. The Bertz CT molecular complexity index is 884. The maximum Gasteiger partial charge on any atom is 0.259 e. The van der Waals surface area contributed by atoms with Gasteiger partial charge in [-0.05, 0) is 34.7 Å². The zero-order chi connectivity index (χ0) is 21.4. The van der Waals surface area contributed by atoms with E-state index in [2.05, 4.69) is 36.6 Å². The van der Waals surface area contributed by atoms with E-state index in [0.29, 0.717) is 17.1 Å². The summed E-state index contributed by atoms with van der Waals surface area (Å²) < 4.78 is 10.3. The van der Waals surface area contributed by atoms with Crippen LogP contribution in [-0.2, 0) is 10.2 Å². The molecule has 0 atom stereocenters. The van der Waals surface area contributed by atoms with Crippen LogP contribution in [0, 0.1) is 0 Å². The molecule has 0 radical (unpaired) electrons. The smallest absolute Gasteiger partial charge is 0.259 e. The second-order valence-corrected chi connectivity index (χ2v) is 7.42. The average molecular weight is 397 g/mol. The first kappa shape index (κ1) is 21.9. The van der Waals surface area contributed by atoms with E-state index in [1.807, 2.05) is 24.3 Å². The third kappa shape index (κ3) is 6.34. The van der Waals surface area contributed by atoms with Gasteiger partial charge in [0, 0.05) is 5.56 Å². The maximum atomic E-state index is 12.2. The molecular weight excluding hydrogens is 370 g/mol. The SMILES string of the molecule is COc1ccc(C(=O)NCC(=O)NN=Cc2ccc(C(C)(C)C)cc2)cc1OC. The highest BCUT2D eigenvalue weighted by molar-refractivity contribution is 5.97. The molecular formula is C22H27N3O4. The number of nitrogens with zero attached hydrogens (tertiary/aromatic N) is 1. The summed E-state index contributed by atoms with van der Waals surface area (Å²) in [4.78, 5) is 24.1. The maximum absolute atomic E-state index is 12.2. The third-order valence-electron chi connectivity index (χ3n) is 4.23. The number of hydrazone groups is 1. The van der Waals surface area contributed by atoms with E-state index in [9.17, 15) is 9.59 Å². The number of carbonyl (C=O) groups excluding carboxylic acids is 2. The summed E-state index contributed by atoms with van der Waals surface area (Å²) in [6.45, 7) is 6.24. The standard InChI is InChI=1S/C22H27N3O4/c1-22(2,3)17-9-6-15(7-10-17)13-24-25-20(26)14-23-21(27)16-8-11-18(28-4)19(12-16)29-5/h6-13H,14H2,1-5H3,(H,23,27)(H,25,26). The Labute approximate surface area is 171 Å². The van der Waals surface area contributed by atoms with Gasteiger partial charge in [0.2, 0.25) is 0 Å². The van der Waals surface area contributed by atoms with E-state index in [1.165, 1.54) is 19.8 Å². The first-order valence-electron chi connectivity index (χ1n) is 9.17. The van der Waals surface area contributed by atoms with Gasteiger partial charge in [0.05, 0.1) is 27.0 Å². The molecule has 7 heteroatoms. The highest BCUT2D eigenvalue weighted by Gasteiger charge is 2.13. The zero-order valence-corrected chi connectivity index (χ0v) is 17.4. The predicted octanol–water partition coefficient (Wildman–Crippen LogP) is 2.88. The molecule has 0 heterocycles. The van der Waals surface area contributed by atoms with Gasteiger partial charge < -0.3 is 14.8 Å². The van der Waals surface area contributed by atoms with E-state index >= 15 is 0 Å². The van der Waals surface area contributed by atoms with Gasteiger partial charge >= 0.3 is 0 Å². The van der Waals surface area contributed by atoms with Crippen molar-refractivity contribution in [3.05, 3.63) is 59.2 Å². The van der Waals surface area contributed by atoms with Crippen molar-refractivity contribution in [1.82, 2.24) is 10.7 Å². The van der Waals surface area contributed by atoms with Crippen LogP contribution in [0.15, 0.2) is 47.6 Å². The Kier molecular flexibility index (Phi) is 7.36. The molecule has 29 heavy (non-hydrogen) atoms. The Morgan fingerprint density at radius 1 is 1.00 bits per heavy atom. The van der Waals surface area contributed by atoms with Crippen molar-refractivity contribution in [3.8, 4) is 11.5 Å². The molecule has 0 saturated carbocycles. The molecule has 2 amide bonds. The predicted molar refractivity (Wildman–Crippen MR) is 113 cm³/mol. The van der Waals surface area contributed by atoms with Crippen LogP contribution in [0.3, 0.4) is 0 Å². The zero-order valence-electron chi connectivity index (χ0n) is 17.4. The largest absolute Gasteiger partial charge is 0.493 e. The number of nitrogens with one attached hydrogen (secondary N) is 2. The van der Waals surface area contributed by atoms with Gasteiger partial charge in [0.15, 0.2) is 11.5 Å². The minimum absolute atomic E-state index is 0.0794. The molecule has 0 aliphatic heterocycles. The lowest BCUT2D eigenvalue weighted by atomic mass is 9.87. The number of hydrogen-bond donors (Lipinski definition) is 2. The van der Waals surface area contributed by atoms with Crippen molar-refractivity contribution in [3.63, 3.8) is 0 Å².